The van der Waals surface area contributed by atoms with Crippen LogP contribution in [0.25, 0.3) is 0 Å². The second-order valence-electron chi connectivity index (χ2n) is 4.38. The number of carboxylic acids is 1. The van der Waals surface area contributed by atoms with E-state index in [0.29, 0.717) is 6.07 Å². The van der Waals surface area contributed by atoms with Crippen LogP contribution in [-0.4, -0.2) is 40.4 Å². The summed E-state index contributed by atoms with van der Waals surface area (Å²) < 4.78 is 13.2. The molecular formula is C12H13FN2O5. The fraction of sp³-hybridized carbons (Fsp3) is 0.333. The molecule has 0 bridgehead atoms. The summed E-state index contributed by atoms with van der Waals surface area (Å²) in [5.41, 5.74) is -0.732. The first-order chi connectivity index (χ1) is 9.22. The monoisotopic (exact) mass is 284 g/mol. The molecule has 1 N–H and O–H groups in total. The lowest BCUT2D eigenvalue weighted by Gasteiger charge is -2.19. The molecule has 108 valence electrons. The molecule has 0 saturated heterocycles. The van der Waals surface area contributed by atoms with Gasteiger partial charge in [-0.15, -0.1) is 0 Å². The molecule has 0 heterocycles. The molecule has 1 amide bonds. The number of benzene rings is 1. The van der Waals surface area contributed by atoms with Crippen molar-refractivity contribution >= 4 is 17.6 Å². The van der Waals surface area contributed by atoms with Crippen LogP contribution in [0, 0.1) is 21.8 Å². The molecule has 1 aromatic rings. The van der Waals surface area contributed by atoms with Gasteiger partial charge >= 0.3 is 5.97 Å². The van der Waals surface area contributed by atoms with Gasteiger partial charge in [-0.25, -0.2) is 4.39 Å². The lowest BCUT2D eigenvalue weighted by molar-refractivity contribution is -0.385. The zero-order valence-corrected chi connectivity index (χ0v) is 10.9. The van der Waals surface area contributed by atoms with E-state index in [2.05, 4.69) is 0 Å². The van der Waals surface area contributed by atoms with Crippen molar-refractivity contribution in [2.75, 3.05) is 13.6 Å². The quantitative estimate of drug-likeness (QED) is 0.652. The molecule has 0 spiro atoms. The molecule has 0 saturated carbocycles. The van der Waals surface area contributed by atoms with Crippen LogP contribution < -0.4 is 0 Å². The van der Waals surface area contributed by atoms with Gasteiger partial charge in [-0.3, -0.25) is 19.7 Å². The topological polar surface area (TPSA) is 101 Å². The summed E-state index contributed by atoms with van der Waals surface area (Å²) in [6, 6.07) is 2.53. The smallest absolute Gasteiger partial charge is 0.308 e. The minimum atomic E-state index is -1.07. The number of carbonyl (C=O) groups excluding carboxylic acids is 1. The first-order valence-corrected chi connectivity index (χ1v) is 5.65. The number of aliphatic carboxylic acids is 1. The Morgan fingerprint density at radius 2 is 2.05 bits per heavy atom. The van der Waals surface area contributed by atoms with E-state index in [4.69, 9.17) is 5.11 Å². The maximum Gasteiger partial charge on any atom is 0.308 e. The second-order valence-corrected chi connectivity index (χ2v) is 4.38. The third-order valence-corrected chi connectivity index (χ3v) is 2.66. The molecule has 8 heteroatoms. The molecule has 20 heavy (non-hydrogen) atoms. The van der Waals surface area contributed by atoms with Crippen molar-refractivity contribution in [1.82, 2.24) is 4.90 Å². The van der Waals surface area contributed by atoms with E-state index < -0.39 is 34.2 Å². The highest BCUT2D eigenvalue weighted by atomic mass is 19.1. The van der Waals surface area contributed by atoms with Crippen LogP contribution >= 0.6 is 0 Å². The summed E-state index contributed by atoms with van der Waals surface area (Å²) in [5, 5.41) is 19.4. The molecule has 1 rings (SSSR count). The minimum absolute atomic E-state index is 0.0848. The number of carboxylic acid groups (broad SMARTS) is 1. The normalized spacial score (nSPS) is 11.8. The third kappa shape index (κ3) is 3.74. The Morgan fingerprint density at radius 1 is 1.45 bits per heavy atom. The zero-order valence-electron chi connectivity index (χ0n) is 10.9. The molecular weight excluding hydrogens is 271 g/mol. The lowest BCUT2D eigenvalue weighted by atomic mass is 10.1. The van der Waals surface area contributed by atoms with Gasteiger partial charge in [0, 0.05) is 25.2 Å². The van der Waals surface area contributed by atoms with E-state index in [9.17, 15) is 24.1 Å². The predicted octanol–water partition coefficient (Wildman–Crippen LogP) is 1.53. The van der Waals surface area contributed by atoms with Crippen molar-refractivity contribution in [2.45, 2.75) is 6.92 Å². The molecule has 0 aliphatic rings. The van der Waals surface area contributed by atoms with Crippen molar-refractivity contribution in [3.05, 3.63) is 39.7 Å². The second kappa shape index (κ2) is 6.09. The van der Waals surface area contributed by atoms with Gasteiger partial charge in [0.2, 0.25) is 0 Å². The SMILES string of the molecule is CC(CN(C)C(=O)c1cc(F)cc([N+](=O)[O-])c1)C(=O)O. The van der Waals surface area contributed by atoms with Crippen LogP contribution in [0.5, 0.6) is 0 Å². The van der Waals surface area contributed by atoms with E-state index in [1.54, 1.807) is 0 Å². The largest absolute Gasteiger partial charge is 0.481 e. The minimum Gasteiger partial charge on any atom is -0.481 e. The number of carbonyl (C=O) groups is 2. The average molecular weight is 284 g/mol. The fourth-order valence-electron chi connectivity index (χ4n) is 1.60. The van der Waals surface area contributed by atoms with Crippen molar-refractivity contribution in [1.29, 1.82) is 0 Å². The molecule has 0 fully saturated rings. The summed E-state index contributed by atoms with van der Waals surface area (Å²) >= 11 is 0. The highest BCUT2D eigenvalue weighted by Crippen LogP contribution is 2.17. The van der Waals surface area contributed by atoms with Gasteiger partial charge in [0.15, 0.2) is 0 Å². The van der Waals surface area contributed by atoms with Crippen LogP contribution in [0.3, 0.4) is 0 Å². The number of nitro groups is 1. The molecule has 0 aromatic heterocycles. The summed E-state index contributed by atoms with van der Waals surface area (Å²) in [6.45, 7) is 1.33. The summed E-state index contributed by atoms with van der Waals surface area (Å²) in [6.07, 6.45) is 0. The lowest BCUT2D eigenvalue weighted by Crippen LogP contribution is -2.33. The van der Waals surface area contributed by atoms with E-state index in [-0.39, 0.29) is 12.1 Å². The van der Waals surface area contributed by atoms with E-state index >= 15 is 0 Å². The van der Waals surface area contributed by atoms with Crippen LogP contribution in [0.4, 0.5) is 10.1 Å². The Kier molecular flexibility index (Phi) is 4.73. The van der Waals surface area contributed by atoms with Gasteiger partial charge in [0.1, 0.15) is 5.82 Å². The highest BCUT2D eigenvalue weighted by molar-refractivity contribution is 5.94. The number of hydrogen-bond donors (Lipinski definition) is 1. The molecule has 0 aliphatic heterocycles. The maximum atomic E-state index is 13.2. The summed E-state index contributed by atoms with van der Waals surface area (Å²) in [4.78, 5) is 33.6. The fourth-order valence-corrected chi connectivity index (χ4v) is 1.60. The standard InChI is InChI=1S/C12H13FN2O5/c1-7(12(17)18)6-14(2)11(16)8-3-9(13)5-10(4-8)15(19)20/h3-5,7H,6H2,1-2H3,(H,17,18). The van der Waals surface area contributed by atoms with Gasteiger partial charge in [-0.1, -0.05) is 6.92 Å². The van der Waals surface area contributed by atoms with Gasteiger partial charge in [-0.05, 0) is 6.07 Å². The van der Waals surface area contributed by atoms with Crippen molar-refractivity contribution in [3.63, 3.8) is 0 Å². The number of amides is 1. The van der Waals surface area contributed by atoms with E-state index in [1.165, 1.54) is 14.0 Å². The Hall–Kier alpha value is -2.51. The average Bonchev–Trinajstić information content (AvgIpc) is 2.36. The van der Waals surface area contributed by atoms with E-state index in [0.717, 1.165) is 17.0 Å². The van der Waals surface area contributed by atoms with Crippen molar-refractivity contribution < 1.29 is 24.0 Å². The Labute approximate surface area is 113 Å². The molecule has 1 aromatic carbocycles. The van der Waals surface area contributed by atoms with Crippen LogP contribution in [0.2, 0.25) is 0 Å². The summed E-state index contributed by atoms with van der Waals surface area (Å²) in [5.74, 6) is -3.45. The maximum absolute atomic E-state index is 13.2. The number of non-ortho nitro benzene ring substituents is 1. The van der Waals surface area contributed by atoms with Crippen LogP contribution in [0.15, 0.2) is 18.2 Å². The first kappa shape index (κ1) is 15.5. The zero-order chi connectivity index (χ0) is 15.4. The number of hydrogen-bond acceptors (Lipinski definition) is 4. The van der Waals surface area contributed by atoms with E-state index in [1.807, 2.05) is 0 Å². The van der Waals surface area contributed by atoms with Crippen LogP contribution in [-0.2, 0) is 4.79 Å². The number of halogens is 1. The molecule has 0 radical (unpaired) electrons. The van der Waals surface area contributed by atoms with Crippen molar-refractivity contribution in [3.8, 4) is 0 Å². The predicted molar refractivity (Wildman–Crippen MR) is 66.8 cm³/mol. The Balaban J connectivity index is 2.97. The number of nitrogens with zero attached hydrogens (tertiary/aromatic N) is 2. The number of nitro benzene ring substituents is 1. The summed E-state index contributed by atoms with van der Waals surface area (Å²) in [7, 11) is 1.35. The molecule has 0 aliphatic carbocycles. The van der Waals surface area contributed by atoms with Gasteiger partial charge in [-0.2, -0.15) is 0 Å². The van der Waals surface area contributed by atoms with Gasteiger partial charge in [0.05, 0.1) is 16.9 Å². The first-order valence-electron chi connectivity index (χ1n) is 5.65. The molecule has 1 unspecified atom stereocenters. The Morgan fingerprint density at radius 3 is 2.55 bits per heavy atom. The van der Waals surface area contributed by atoms with Crippen LogP contribution in [0.1, 0.15) is 17.3 Å². The van der Waals surface area contributed by atoms with Crippen molar-refractivity contribution in [2.24, 2.45) is 5.92 Å². The number of rotatable bonds is 5. The van der Waals surface area contributed by atoms with Gasteiger partial charge in [0.25, 0.3) is 11.6 Å². The third-order valence-electron chi connectivity index (χ3n) is 2.66. The molecule has 1 atom stereocenters. The van der Waals surface area contributed by atoms with Gasteiger partial charge < -0.3 is 10.0 Å². The Bertz CT molecular complexity index is 561. The highest BCUT2D eigenvalue weighted by Gasteiger charge is 2.21. The molecule has 7 nitrogen and oxygen atoms in total.